The maximum absolute atomic E-state index is 11.5. The molecule has 0 aromatic carbocycles. The van der Waals surface area contributed by atoms with Crippen LogP contribution in [-0.2, 0) is 19.2 Å². The van der Waals surface area contributed by atoms with Gasteiger partial charge in [0.25, 0.3) is 0 Å². The summed E-state index contributed by atoms with van der Waals surface area (Å²) in [5.41, 5.74) is -1.36. The second kappa shape index (κ2) is 2.73. The van der Waals surface area contributed by atoms with Gasteiger partial charge in [-0.15, -0.1) is 0 Å². The second-order valence-corrected chi connectivity index (χ2v) is 3.69. The summed E-state index contributed by atoms with van der Waals surface area (Å²) in [6.07, 6.45) is -0.0690. The Morgan fingerprint density at radius 1 is 1.00 bits per heavy atom. The smallest absolute Gasteiger partial charge is 0.221 e. The zero-order chi connectivity index (χ0) is 10.3. The fraction of sp³-hybridized carbons (Fsp3) is 0.556. The van der Waals surface area contributed by atoms with Crippen molar-refractivity contribution < 1.29 is 19.2 Å². The first-order chi connectivity index (χ1) is 6.54. The van der Waals surface area contributed by atoms with Crippen molar-refractivity contribution in [3.8, 4) is 0 Å². The summed E-state index contributed by atoms with van der Waals surface area (Å²) in [7, 11) is 0. The SMILES string of the molecule is O=C1CC(=O)C2(CCC(=O)N2)C(=O)C1. The Morgan fingerprint density at radius 3 is 2.00 bits per heavy atom. The third kappa shape index (κ3) is 1.08. The molecule has 14 heavy (non-hydrogen) atoms. The number of carbonyl (C=O) groups is 4. The highest BCUT2D eigenvalue weighted by atomic mass is 16.2. The van der Waals surface area contributed by atoms with Gasteiger partial charge in [0, 0.05) is 6.42 Å². The van der Waals surface area contributed by atoms with Gasteiger partial charge < -0.3 is 5.32 Å². The van der Waals surface area contributed by atoms with Crippen LogP contribution >= 0.6 is 0 Å². The number of Topliss-reactive ketones (excluding diaryl/α,β-unsaturated/α-hetero) is 3. The molecule has 1 spiro atoms. The molecular weight excluding hydrogens is 186 g/mol. The van der Waals surface area contributed by atoms with E-state index in [9.17, 15) is 19.2 Å². The highest BCUT2D eigenvalue weighted by molar-refractivity contribution is 6.28. The summed E-state index contributed by atoms with van der Waals surface area (Å²) in [5.74, 6) is -1.55. The normalized spacial score (nSPS) is 25.7. The molecule has 0 aromatic heterocycles. The van der Waals surface area contributed by atoms with Gasteiger partial charge in [0.15, 0.2) is 17.1 Å². The van der Waals surface area contributed by atoms with E-state index in [2.05, 4.69) is 5.32 Å². The number of rotatable bonds is 0. The molecule has 0 atom stereocenters. The van der Waals surface area contributed by atoms with Gasteiger partial charge in [0.1, 0.15) is 5.78 Å². The Labute approximate surface area is 79.8 Å². The fourth-order valence-electron chi connectivity index (χ4n) is 1.96. The maximum Gasteiger partial charge on any atom is 0.221 e. The topological polar surface area (TPSA) is 80.3 Å². The van der Waals surface area contributed by atoms with Crippen LogP contribution < -0.4 is 5.32 Å². The van der Waals surface area contributed by atoms with E-state index in [1.54, 1.807) is 0 Å². The Bertz CT molecular complexity index is 338. The summed E-state index contributed by atoms with van der Waals surface area (Å²) in [5, 5.41) is 2.40. The molecule has 2 aliphatic rings. The summed E-state index contributed by atoms with van der Waals surface area (Å²) < 4.78 is 0. The van der Waals surface area contributed by atoms with Crippen LogP contribution in [-0.4, -0.2) is 28.8 Å². The van der Waals surface area contributed by atoms with Crippen molar-refractivity contribution in [2.45, 2.75) is 31.2 Å². The molecule has 1 N–H and O–H groups in total. The molecule has 0 unspecified atom stereocenters. The molecule has 2 rings (SSSR count). The quantitative estimate of drug-likeness (QED) is 0.510. The first-order valence-corrected chi connectivity index (χ1v) is 4.44. The number of carbonyl (C=O) groups excluding carboxylic acids is 4. The van der Waals surface area contributed by atoms with Gasteiger partial charge in [-0.2, -0.15) is 0 Å². The van der Waals surface area contributed by atoms with Crippen LogP contribution in [0, 0.1) is 0 Å². The fourth-order valence-corrected chi connectivity index (χ4v) is 1.96. The minimum Gasteiger partial charge on any atom is -0.337 e. The van der Waals surface area contributed by atoms with E-state index in [0.717, 1.165) is 0 Å². The van der Waals surface area contributed by atoms with E-state index in [1.807, 2.05) is 0 Å². The molecule has 1 saturated carbocycles. The van der Waals surface area contributed by atoms with Crippen LogP contribution in [0.2, 0.25) is 0 Å². The van der Waals surface area contributed by atoms with Gasteiger partial charge in [0.2, 0.25) is 5.91 Å². The molecule has 1 aliphatic carbocycles. The zero-order valence-corrected chi connectivity index (χ0v) is 7.46. The zero-order valence-electron chi connectivity index (χ0n) is 7.46. The summed E-state index contributed by atoms with van der Waals surface area (Å²) >= 11 is 0. The lowest BCUT2D eigenvalue weighted by atomic mass is 9.78. The van der Waals surface area contributed by atoms with Crippen molar-refractivity contribution in [2.75, 3.05) is 0 Å². The Kier molecular flexibility index (Phi) is 1.77. The Hall–Kier alpha value is -1.52. The van der Waals surface area contributed by atoms with Gasteiger partial charge in [0.05, 0.1) is 12.8 Å². The summed E-state index contributed by atoms with van der Waals surface area (Å²) in [4.78, 5) is 45.0. The minimum atomic E-state index is -1.36. The highest BCUT2D eigenvalue weighted by Gasteiger charge is 2.53. The number of amides is 1. The molecular formula is C9H9NO4. The van der Waals surface area contributed by atoms with Crippen LogP contribution in [0.4, 0.5) is 0 Å². The van der Waals surface area contributed by atoms with Crippen molar-refractivity contribution in [2.24, 2.45) is 0 Å². The average Bonchev–Trinajstić information content (AvgIpc) is 2.46. The highest BCUT2D eigenvalue weighted by Crippen LogP contribution is 2.28. The van der Waals surface area contributed by atoms with Crippen LogP contribution in [0.1, 0.15) is 25.7 Å². The van der Waals surface area contributed by atoms with Crippen molar-refractivity contribution in [3.63, 3.8) is 0 Å². The van der Waals surface area contributed by atoms with Crippen LogP contribution in [0.15, 0.2) is 0 Å². The van der Waals surface area contributed by atoms with Gasteiger partial charge >= 0.3 is 0 Å². The van der Waals surface area contributed by atoms with E-state index in [-0.39, 0.29) is 37.4 Å². The average molecular weight is 195 g/mol. The minimum absolute atomic E-state index is 0.186. The number of nitrogens with one attached hydrogen (secondary N) is 1. The second-order valence-electron chi connectivity index (χ2n) is 3.69. The monoisotopic (exact) mass is 195 g/mol. The van der Waals surface area contributed by atoms with Crippen LogP contribution in [0.3, 0.4) is 0 Å². The molecule has 5 heteroatoms. The van der Waals surface area contributed by atoms with Crippen molar-refractivity contribution in [3.05, 3.63) is 0 Å². The molecule has 1 heterocycles. The van der Waals surface area contributed by atoms with Gasteiger partial charge in [-0.3, -0.25) is 19.2 Å². The van der Waals surface area contributed by atoms with Gasteiger partial charge in [-0.05, 0) is 6.42 Å². The predicted octanol–water partition coefficient (Wildman–Crippen LogP) is -0.864. The standard InChI is InChI=1S/C9H9NO4/c11-5-3-6(12)9(7(13)4-5)2-1-8(14)10-9/h1-4H2,(H,10,14). The third-order valence-electron chi connectivity index (χ3n) is 2.75. The number of hydrogen-bond acceptors (Lipinski definition) is 4. The molecule has 1 saturated heterocycles. The van der Waals surface area contributed by atoms with Crippen molar-refractivity contribution in [1.82, 2.24) is 5.32 Å². The summed E-state index contributed by atoms with van der Waals surface area (Å²) in [6.45, 7) is 0. The molecule has 0 bridgehead atoms. The van der Waals surface area contributed by atoms with E-state index in [0.29, 0.717) is 0 Å². The maximum atomic E-state index is 11.5. The molecule has 1 aliphatic heterocycles. The molecule has 1 amide bonds. The largest absolute Gasteiger partial charge is 0.337 e. The molecule has 74 valence electrons. The number of ketones is 3. The van der Waals surface area contributed by atoms with E-state index >= 15 is 0 Å². The van der Waals surface area contributed by atoms with E-state index < -0.39 is 17.1 Å². The van der Waals surface area contributed by atoms with E-state index in [4.69, 9.17) is 0 Å². The van der Waals surface area contributed by atoms with Crippen molar-refractivity contribution in [1.29, 1.82) is 0 Å². The molecule has 0 aromatic rings. The number of hydrogen-bond donors (Lipinski definition) is 1. The van der Waals surface area contributed by atoms with Crippen LogP contribution in [0.25, 0.3) is 0 Å². The molecule has 2 fully saturated rings. The Balaban J connectivity index is 2.34. The summed E-state index contributed by atoms with van der Waals surface area (Å²) in [6, 6.07) is 0. The lowest BCUT2D eigenvalue weighted by molar-refractivity contribution is -0.144. The van der Waals surface area contributed by atoms with Crippen molar-refractivity contribution >= 4 is 23.3 Å². The predicted molar refractivity (Wildman–Crippen MR) is 44.4 cm³/mol. The van der Waals surface area contributed by atoms with Crippen LogP contribution in [0.5, 0.6) is 0 Å². The first kappa shape index (κ1) is 9.05. The van der Waals surface area contributed by atoms with E-state index in [1.165, 1.54) is 0 Å². The van der Waals surface area contributed by atoms with Gasteiger partial charge in [-0.25, -0.2) is 0 Å². The first-order valence-electron chi connectivity index (χ1n) is 4.44. The molecule has 5 nitrogen and oxygen atoms in total. The molecule has 0 radical (unpaired) electrons. The lowest BCUT2D eigenvalue weighted by Gasteiger charge is -2.28. The van der Waals surface area contributed by atoms with Gasteiger partial charge in [-0.1, -0.05) is 0 Å². The third-order valence-corrected chi connectivity index (χ3v) is 2.75. The lowest BCUT2D eigenvalue weighted by Crippen LogP contribution is -2.58. The Morgan fingerprint density at radius 2 is 1.57 bits per heavy atom.